The smallest absolute Gasteiger partial charge is 0.264 e. The summed E-state index contributed by atoms with van der Waals surface area (Å²) in [6.07, 6.45) is -0.245. The van der Waals surface area contributed by atoms with Crippen LogP contribution in [0.25, 0.3) is 10.9 Å². The van der Waals surface area contributed by atoms with Crippen LogP contribution in [-0.2, 0) is 9.59 Å². The van der Waals surface area contributed by atoms with E-state index in [1.54, 1.807) is 0 Å². The number of carbonyl (C=O) groups excluding carboxylic acids is 2. The Morgan fingerprint density at radius 3 is 2.83 bits per heavy atom. The summed E-state index contributed by atoms with van der Waals surface area (Å²) in [6.45, 7) is -2.79. The van der Waals surface area contributed by atoms with Gasteiger partial charge in [-0.15, -0.1) is 0 Å². The molecule has 3 rings (SSSR count). The molecule has 1 aliphatic rings. The lowest BCUT2D eigenvalue weighted by Crippen LogP contribution is -2.36. The second kappa shape index (κ2) is 5.57. The van der Waals surface area contributed by atoms with Crippen LogP contribution < -0.4 is 10.9 Å². The molecule has 1 aromatic carbocycles. The molecular weight excluding hydrogens is 301 g/mol. The van der Waals surface area contributed by atoms with Crippen LogP contribution in [0, 0.1) is 12.7 Å². The van der Waals surface area contributed by atoms with Crippen molar-refractivity contribution in [2.24, 2.45) is 0 Å². The van der Waals surface area contributed by atoms with Gasteiger partial charge in [0.05, 0.1) is 29.1 Å². The number of aryl methyl sites for hydroxylation is 1. The molecule has 7 heteroatoms. The van der Waals surface area contributed by atoms with Gasteiger partial charge in [-0.25, -0.2) is 9.37 Å². The van der Waals surface area contributed by atoms with Crippen molar-refractivity contribution < 1.29 is 18.1 Å². The predicted octanol–water partition coefficient (Wildman–Crippen LogP) is 1.75. The van der Waals surface area contributed by atoms with Gasteiger partial charge in [-0.3, -0.25) is 19.0 Å². The third-order valence-electron chi connectivity index (χ3n) is 3.99. The van der Waals surface area contributed by atoms with Crippen molar-refractivity contribution >= 4 is 28.2 Å². The van der Waals surface area contributed by atoms with Crippen LogP contribution in [0.1, 0.15) is 35.2 Å². The van der Waals surface area contributed by atoms with E-state index in [0.29, 0.717) is 0 Å². The second-order valence-corrected chi connectivity index (χ2v) is 5.44. The van der Waals surface area contributed by atoms with Crippen LogP contribution >= 0.6 is 0 Å². The summed E-state index contributed by atoms with van der Waals surface area (Å²) < 4.78 is 37.7. The lowest BCUT2D eigenvalue weighted by molar-refractivity contribution is -0.132. The molecule has 0 radical (unpaired) electrons. The van der Waals surface area contributed by atoms with Crippen LogP contribution in [0.15, 0.2) is 16.9 Å². The summed E-state index contributed by atoms with van der Waals surface area (Å²) in [7, 11) is 1.49. The van der Waals surface area contributed by atoms with Gasteiger partial charge in [-0.05, 0) is 19.3 Å². The Morgan fingerprint density at radius 2 is 2.17 bits per heavy atom. The quantitative estimate of drug-likeness (QED) is 0.853. The zero-order valence-corrected chi connectivity index (χ0v) is 12.4. The number of rotatable bonds is 2. The minimum atomic E-state index is -2.79. The second-order valence-electron chi connectivity index (χ2n) is 5.44. The zero-order valence-electron chi connectivity index (χ0n) is 15.4. The molecule has 120 valence electrons. The summed E-state index contributed by atoms with van der Waals surface area (Å²) in [6, 6.07) is 0.989. The topological polar surface area (TPSA) is 81.1 Å². The maximum absolute atomic E-state index is 13.8. The number of fused-ring (bicyclic) bond motifs is 1. The highest BCUT2D eigenvalue weighted by Gasteiger charge is 2.31. The summed E-state index contributed by atoms with van der Waals surface area (Å²) >= 11 is 0. The Bertz CT molecular complexity index is 985. The Kier molecular flexibility index (Phi) is 2.89. The minimum Gasteiger partial charge on any atom is -0.387 e. The number of carbonyl (C=O) groups is 2. The molecule has 1 unspecified atom stereocenters. The summed E-state index contributed by atoms with van der Waals surface area (Å²) in [5.41, 5.74) is -0.720. The molecule has 2 aromatic rings. The molecule has 0 saturated heterocycles. The van der Waals surface area contributed by atoms with E-state index in [0.717, 1.165) is 16.7 Å². The van der Waals surface area contributed by atoms with Crippen molar-refractivity contribution in [3.05, 3.63) is 34.1 Å². The minimum absolute atomic E-state index is 0.00778. The van der Waals surface area contributed by atoms with Crippen molar-refractivity contribution in [1.29, 1.82) is 0 Å². The SMILES string of the molecule is [2H]C([2H])([2H])c1nc2cc(F)cc(NC)c2c(=O)n1C1CCC(=O)CC1=O. The van der Waals surface area contributed by atoms with E-state index in [4.69, 9.17) is 4.11 Å². The number of nitrogens with one attached hydrogen (secondary N) is 1. The fourth-order valence-electron chi connectivity index (χ4n) is 2.91. The molecule has 1 fully saturated rings. The number of hydrogen-bond acceptors (Lipinski definition) is 5. The van der Waals surface area contributed by atoms with E-state index in [2.05, 4.69) is 10.3 Å². The summed E-state index contributed by atoms with van der Waals surface area (Å²) in [5.74, 6) is -2.04. The molecule has 0 bridgehead atoms. The number of ketones is 2. The van der Waals surface area contributed by atoms with E-state index in [-0.39, 0.29) is 41.6 Å². The highest BCUT2D eigenvalue weighted by atomic mass is 19.1. The van der Waals surface area contributed by atoms with Gasteiger partial charge in [0, 0.05) is 23.6 Å². The largest absolute Gasteiger partial charge is 0.387 e. The van der Waals surface area contributed by atoms with Crippen LogP contribution in [0.4, 0.5) is 10.1 Å². The van der Waals surface area contributed by atoms with Gasteiger partial charge in [-0.2, -0.15) is 0 Å². The number of aromatic nitrogens is 2. The molecule has 0 amide bonds. The summed E-state index contributed by atoms with van der Waals surface area (Å²) in [5, 5.41) is 2.68. The Hall–Kier alpha value is -2.57. The standard InChI is InChI=1S/C16H16FN3O3/c1-8-19-12-6-9(17)5-11(18-2)15(12)16(23)20(8)13-4-3-10(21)7-14(13)22/h5-6,13,18H,3-4,7H2,1-2H3/i1D3. The molecule has 6 nitrogen and oxygen atoms in total. The number of hydrogen-bond donors (Lipinski definition) is 1. The van der Waals surface area contributed by atoms with E-state index in [9.17, 15) is 18.8 Å². The number of benzene rings is 1. The third kappa shape index (κ3) is 2.52. The molecule has 1 atom stereocenters. The first-order valence-corrected chi connectivity index (χ1v) is 7.12. The van der Waals surface area contributed by atoms with Gasteiger partial charge < -0.3 is 5.32 Å². The maximum Gasteiger partial charge on any atom is 0.264 e. The van der Waals surface area contributed by atoms with Crippen molar-refractivity contribution in [1.82, 2.24) is 9.55 Å². The first-order valence-electron chi connectivity index (χ1n) is 8.62. The van der Waals surface area contributed by atoms with Crippen molar-refractivity contribution in [3.63, 3.8) is 0 Å². The van der Waals surface area contributed by atoms with Crippen LogP contribution in [0.2, 0.25) is 0 Å². The zero-order chi connectivity index (χ0) is 19.2. The van der Waals surface area contributed by atoms with Gasteiger partial charge in [0.25, 0.3) is 5.56 Å². The van der Waals surface area contributed by atoms with Gasteiger partial charge in [0.15, 0.2) is 5.78 Å². The van der Waals surface area contributed by atoms with Gasteiger partial charge in [0.2, 0.25) is 0 Å². The lowest BCUT2D eigenvalue weighted by atomic mass is 9.92. The molecule has 1 aliphatic carbocycles. The predicted molar refractivity (Wildman–Crippen MR) is 83.1 cm³/mol. The monoisotopic (exact) mass is 320 g/mol. The fourth-order valence-corrected chi connectivity index (χ4v) is 2.91. The van der Waals surface area contributed by atoms with Gasteiger partial charge >= 0.3 is 0 Å². The van der Waals surface area contributed by atoms with Gasteiger partial charge in [-0.1, -0.05) is 0 Å². The molecule has 23 heavy (non-hydrogen) atoms. The molecular formula is C16H16FN3O3. The van der Waals surface area contributed by atoms with Crippen molar-refractivity contribution in [2.75, 3.05) is 12.4 Å². The average Bonchev–Trinajstić information content (AvgIpc) is 2.53. The molecule has 0 aliphatic heterocycles. The highest BCUT2D eigenvalue weighted by Crippen LogP contribution is 2.26. The number of Topliss-reactive ketones (excluding diaryl/α,β-unsaturated/α-hetero) is 2. The van der Waals surface area contributed by atoms with E-state index < -0.39 is 35.9 Å². The first-order chi connectivity index (χ1) is 12.1. The van der Waals surface area contributed by atoms with Crippen molar-refractivity contribution in [3.8, 4) is 0 Å². The normalized spacial score (nSPS) is 21.0. The lowest BCUT2D eigenvalue weighted by Gasteiger charge is -2.24. The molecule has 1 saturated carbocycles. The summed E-state index contributed by atoms with van der Waals surface area (Å²) in [4.78, 5) is 40.9. The first kappa shape index (κ1) is 11.9. The van der Waals surface area contributed by atoms with Crippen LogP contribution in [0.5, 0.6) is 0 Å². The Morgan fingerprint density at radius 1 is 1.39 bits per heavy atom. The van der Waals surface area contributed by atoms with Gasteiger partial charge in [0.1, 0.15) is 17.4 Å². The third-order valence-corrected chi connectivity index (χ3v) is 3.99. The highest BCUT2D eigenvalue weighted by molar-refractivity contribution is 6.03. The molecule has 1 N–H and O–H groups in total. The van der Waals surface area contributed by atoms with Crippen molar-refractivity contribution in [2.45, 2.75) is 32.2 Å². The molecule has 0 spiro atoms. The maximum atomic E-state index is 13.8. The Balaban J connectivity index is 2.38. The molecule has 1 heterocycles. The number of anilines is 1. The van der Waals surface area contributed by atoms with E-state index in [1.165, 1.54) is 7.05 Å². The van der Waals surface area contributed by atoms with E-state index in [1.807, 2.05) is 0 Å². The van der Waals surface area contributed by atoms with E-state index >= 15 is 0 Å². The van der Waals surface area contributed by atoms with Crippen LogP contribution in [0.3, 0.4) is 0 Å². The number of halogens is 1. The molecule has 1 aromatic heterocycles. The Labute approximate surface area is 135 Å². The number of nitrogens with zero attached hydrogens (tertiary/aromatic N) is 2. The van der Waals surface area contributed by atoms with Crippen LogP contribution in [-0.4, -0.2) is 28.2 Å². The average molecular weight is 320 g/mol. The fraction of sp³-hybridized carbons (Fsp3) is 0.375.